The lowest BCUT2D eigenvalue weighted by Gasteiger charge is -2.44. The highest BCUT2D eigenvalue weighted by Gasteiger charge is 2.55. The van der Waals surface area contributed by atoms with Crippen LogP contribution in [0.25, 0.3) is 0 Å². The molecule has 0 bridgehead atoms. The molecule has 2 amide bonds. The number of carbonyl (C=O) groups is 3. The highest BCUT2D eigenvalue weighted by Crippen LogP contribution is 2.27. The van der Waals surface area contributed by atoms with Gasteiger partial charge in [-0.25, -0.2) is 0 Å². The van der Waals surface area contributed by atoms with Crippen molar-refractivity contribution >= 4 is 17.8 Å². The van der Waals surface area contributed by atoms with Gasteiger partial charge in [0.2, 0.25) is 0 Å². The number of piperidine rings is 1. The van der Waals surface area contributed by atoms with E-state index in [2.05, 4.69) is 5.32 Å². The molecular weight excluding hydrogens is 272 g/mol. The van der Waals surface area contributed by atoms with Crippen LogP contribution in [-0.2, 0) is 19.1 Å². The lowest BCUT2D eigenvalue weighted by Crippen LogP contribution is -2.68. The number of aliphatic hydroxyl groups excluding tert-OH is 3. The Morgan fingerprint density at radius 2 is 1.90 bits per heavy atom. The number of nitrogens with zero attached hydrogens (tertiary/aromatic N) is 1. The van der Waals surface area contributed by atoms with Gasteiger partial charge >= 0.3 is 17.8 Å². The Hall–Kier alpha value is -1.71. The number of amides is 2. The van der Waals surface area contributed by atoms with Crippen molar-refractivity contribution in [1.82, 2.24) is 10.2 Å². The molecule has 5 atom stereocenters. The van der Waals surface area contributed by atoms with Gasteiger partial charge in [0, 0.05) is 6.42 Å². The molecule has 2 aliphatic heterocycles. The summed E-state index contributed by atoms with van der Waals surface area (Å²) in [5, 5.41) is 31.6. The largest absolute Gasteiger partial charge is 0.463 e. The predicted molar refractivity (Wildman–Crippen MR) is 61.8 cm³/mol. The van der Waals surface area contributed by atoms with Crippen LogP contribution >= 0.6 is 0 Å². The third kappa shape index (κ3) is 2.23. The number of esters is 1. The van der Waals surface area contributed by atoms with Crippen LogP contribution in [0.4, 0.5) is 0 Å². The molecule has 112 valence electrons. The first-order chi connectivity index (χ1) is 9.38. The second-order valence-electron chi connectivity index (χ2n) is 4.71. The first-order valence-electron chi connectivity index (χ1n) is 6.21. The molecule has 0 saturated carbocycles. The molecule has 0 spiro atoms. The van der Waals surface area contributed by atoms with Crippen molar-refractivity contribution < 1.29 is 34.4 Å². The van der Waals surface area contributed by atoms with E-state index in [0.717, 1.165) is 4.90 Å². The first kappa shape index (κ1) is 14.7. The van der Waals surface area contributed by atoms with Gasteiger partial charge in [-0.2, -0.15) is 0 Å². The number of hydrogen-bond donors (Lipinski definition) is 4. The molecule has 9 nitrogen and oxygen atoms in total. The Kier molecular flexibility index (Phi) is 3.93. The highest BCUT2D eigenvalue weighted by atomic mass is 16.5. The Labute approximate surface area is 114 Å². The van der Waals surface area contributed by atoms with Crippen LogP contribution < -0.4 is 5.32 Å². The second kappa shape index (κ2) is 5.35. The van der Waals surface area contributed by atoms with Crippen LogP contribution in [0.1, 0.15) is 13.3 Å². The number of nitrogens with one attached hydrogen (secondary N) is 1. The summed E-state index contributed by atoms with van der Waals surface area (Å²) in [4.78, 5) is 35.1. The summed E-state index contributed by atoms with van der Waals surface area (Å²) in [7, 11) is 0. The number of fused-ring (bicyclic) bond motifs is 1. The van der Waals surface area contributed by atoms with Crippen molar-refractivity contribution in [2.75, 3.05) is 6.61 Å². The van der Waals surface area contributed by atoms with E-state index in [9.17, 15) is 29.7 Å². The number of rotatable bonds is 3. The van der Waals surface area contributed by atoms with E-state index in [1.165, 1.54) is 0 Å². The highest BCUT2D eigenvalue weighted by molar-refractivity contribution is 6.37. The van der Waals surface area contributed by atoms with Crippen molar-refractivity contribution in [2.45, 2.75) is 43.9 Å². The maximum absolute atomic E-state index is 11.7. The number of aliphatic hydroxyl groups is 3. The molecule has 2 aliphatic rings. The molecule has 0 aromatic rings. The summed E-state index contributed by atoms with van der Waals surface area (Å²) in [6.07, 6.45) is -5.63. The molecular formula is C11H16N2O7. The van der Waals surface area contributed by atoms with Crippen LogP contribution in [0.15, 0.2) is 0 Å². The molecule has 0 aliphatic carbocycles. The van der Waals surface area contributed by atoms with E-state index in [4.69, 9.17) is 4.74 Å². The van der Waals surface area contributed by atoms with Gasteiger partial charge in [0.05, 0.1) is 6.04 Å². The molecule has 20 heavy (non-hydrogen) atoms. The summed E-state index contributed by atoms with van der Waals surface area (Å²) >= 11 is 0. The van der Waals surface area contributed by atoms with Crippen molar-refractivity contribution in [2.24, 2.45) is 0 Å². The van der Waals surface area contributed by atoms with Gasteiger partial charge in [-0.3, -0.25) is 14.4 Å². The molecule has 1 unspecified atom stereocenters. The van der Waals surface area contributed by atoms with Gasteiger partial charge in [-0.15, -0.1) is 0 Å². The van der Waals surface area contributed by atoms with E-state index in [1.54, 1.807) is 6.92 Å². The van der Waals surface area contributed by atoms with Gasteiger partial charge in [0.25, 0.3) is 0 Å². The number of ether oxygens (including phenoxy) is 1. The Bertz CT molecular complexity index is 440. The van der Waals surface area contributed by atoms with E-state index in [1.807, 2.05) is 0 Å². The monoisotopic (exact) mass is 288 g/mol. The third-order valence-corrected chi connectivity index (χ3v) is 3.49. The maximum Gasteiger partial charge on any atom is 0.314 e. The van der Waals surface area contributed by atoms with Gasteiger partial charge < -0.3 is 30.3 Å². The molecule has 2 fully saturated rings. The summed E-state index contributed by atoms with van der Waals surface area (Å²) < 4.78 is 4.85. The molecule has 0 aromatic heterocycles. The van der Waals surface area contributed by atoms with Crippen LogP contribution in [0, 0.1) is 0 Å². The van der Waals surface area contributed by atoms with Crippen LogP contribution in [0.2, 0.25) is 0 Å². The Balaban J connectivity index is 2.21. The van der Waals surface area contributed by atoms with Gasteiger partial charge in [0.15, 0.2) is 0 Å². The molecule has 9 heteroatoms. The van der Waals surface area contributed by atoms with Crippen molar-refractivity contribution in [3.8, 4) is 0 Å². The normalized spacial score (nSPS) is 36.6. The van der Waals surface area contributed by atoms with Gasteiger partial charge in [0.1, 0.15) is 31.1 Å². The average Bonchev–Trinajstić information content (AvgIpc) is 2.73. The zero-order valence-corrected chi connectivity index (χ0v) is 10.7. The molecule has 2 saturated heterocycles. The average molecular weight is 288 g/mol. The fraction of sp³-hybridized carbons (Fsp3) is 0.727. The standard InChI is InChI=1S/C11H16N2O7/c1-2-5(14)20-3-4-6(15)7(16)8(17)9-12-10(18)11(19)13(4)9/h4,6-9,15-17H,2-3H2,1H3,(H,12,18)/t4-,6-,7+,8+,9?/m1/s1. The first-order valence-corrected chi connectivity index (χ1v) is 6.21. The Morgan fingerprint density at radius 3 is 2.50 bits per heavy atom. The van der Waals surface area contributed by atoms with E-state index >= 15 is 0 Å². The zero-order valence-electron chi connectivity index (χ0n) is 10.7. The smallest absolute Gasteiger partial charge is 0.314 e. The predicted octanol–water partition coefficient (Wildman–Crippen LogP) is -3.31. The topological polar surface area (TPSA) is 136 Å². The van der Waals surface area contributed by atoms with E-state index in [0.29, 0.717) is 0 Å². The zero-order chi connectivity index (χ0) is 15.0. The lowest BCUT2D eigenvalue weighted by atomic mass is 9.92. The Morgan fingerprint density at radius 1 is 1.25 bits per heavy atom. The molecule has 0 radical (unpaired) electrons. The molecule has 0 aromatic carbocycles. The molecule has 2 rings (SSSR count). The SMILES string of the molecule is CCC(=O)OC[C@@H]1[C@@H](O)[C@H](O)[C@H](O)C2NC(=O)C(=O)N21. The summed E-state index contributed by atoms with van der Waals surface area (Å²) in [5.41, 5.74) is 0. The molecule has 2 heterocycles. The van der Waals surface area contributed by atoms with Crippen LogP contribution in [0.3, 0.4) is 0 Å². The van der Waals surface area contributed by atoms with Crippen molar-refractivity contribution in [3.05, 3.63) is 0 Å². The minimum atomic E-state index is -1.56. The minimum absolute atomic E-state index is 0.114. The fourth-order valence-corrected chi connectivity index (χ4v) is 2.36. The summed E-state index contributed by atoms with van der Waals surface area (Å²) in [5.74, 6) is -2.43. The fourth-order valence-electron chi connectivity index (χ4n) is 2.36. The summed E-state index contributed by atoms with van der Waals surface area (Å²) in [6, 6.07) is -1.10. The molecule has 4 N–H and O–H groups in total. The van der Waals surface area contributed by atoms with Gasteiger partial charge in [-0.05, 0) is 0 Å². The lowest BCUT2D eigenvalue weighted by molar-refractivity contribution is -0.181. The van der Waals surface area contributed by atoms with Crippen molar-refractivity contribution in [1.29, 1.82) is 0 Å². The summed E-state index contributed by atoms with van der Waals surface area (Å²) in [6.45, 7) is 1.21. The van der Waals surface area contributed by atoms with Gasteiger partial charge in [-0.1, -0.05) is 6.92 Å². The van der Waals surface area contributed by atoms with E-state index in [-0.39, 0.29) is 13.0 Å². The quantitative estimate of drug-likeness (QED) is 0.315. The van der Waals surface area contributed by atoms with Crippen LogP contribution in [0.5, 0.6) is 0 Å². The minimum Gasteiger partial charge on any atom is -0.463 e. The number of hydrogen-bond acceptors (Lipinski definition) is 7. The third-order valence-electron chi connectivity index (χ3n) is 3.49. The van der Waals surface area contributed by atoms with Crippen molar-refractivity contribution in [3.63, 3.8) is 0 Å². The number of carbonyl (C=O) groups excluding carboxylic acids is 3. The van der Waals surface area contributed by atoms with E-state index < -0.39 is 48.3 Å². The van der Waals surface area contributed by atoms with Crippen LogP contribution in [-0.4, -0.2) is 75.1 Å². The maximum atomic E-state index is 11.7. The second-order valence-corrected chi connectivity index (χ2v) is 4.71.